The maximum Gasteiger partial charge on any atom is 0.227 e. The SMILES string of the molecule is CCOc1ccc(-c2noc(CCC(=O)N(Cc3ccccc3)Cc3ccco3)n2)cc1. The first kappa shape index (κ1) is 21.4. The van der Waals surface area contributed by atoms with Gasteiger partial charge in [-0.05, 0) is 48.9 Å². The fourth-order valence-corrected chi connectivity index (χ4v) is 3.34. The molecule has 2 aromatic carbocycles. The number of nitrogens with zero attached hydrogens (tertiary/aromatic N) is 3. The lowest BCUT2D eigenvalue weighted by Gasteiger charge is -2.21. The highest BCUT2D eigenvalue weighted by Crippen LogP contribution is 2.21. The van der Waals surface area contributed by atoms with Crippen molar-refractivity contribution in [3.05, 3.63) is 90.2 Å². The Balaban J connectivity index is 1.39. The van der Waals surface area contributed by atoms with Gasteiger partial charge in [-0.15, -0.1) is 0 Å². The summed E-state index contributed by atoms with van der Waals surface area (Å²) < 4.78 is 16.3. The van der Waals surface area contributed by atoms with E-state index in [0.717, 1.165) is 22.6 Å². The number of aromatic nitrogens is 2. The maximum atomic E-state index is 13.0. The van der Waals surface area contributed by atoms with Crippen molar-refractivity contribution in [1.82, 2.24) is 15.0 Å². The van der Waals surface area contributed by atoms with Crippen molar-refractivity contribution in [3.8, 4) is 17.1 Å². The van der Waals surface area contributed by atoms with Gasteiger partial charge in [-0.2, -0.15) is 4.98 Å². The van der Waals surface area contributed by atoms with Crippen LogP contribution in [0.2, 0.25) is 0 Å². The Bertz CT molecular complexity index is 1110. The maximum absolute atomic E-state index is 13.0. The Morgan fingerprint density at radius 2 is 1.81 bits per heavy atom. The monoisotopic (exact) mass is 431 g/mol. The minimum Gasteiger partial charge on any atom is -0.494 e. The molecule has 0 N–H and O–H groups in total. The van der Waals surface area contributed by atoms with Crippen molar-refractivity contribution < 1.29 is 18.5 Å². The highest BCUT2D eigenvalue weighted by molar-refractivity contribution is 5.76. The van der Waals surface area contributed by atoms with Crippen LogP contribution in [0.4, 0.5) is 0 Å². The van der Waals surface area contributed by atoms with Crippen molar-refractivity contribution in [2.45, 2.75) is 32.9 Å². The van der Waals surface area contributed by atoms with Crippen molar-refractivity contribution in [1.29, 1.82) is 0 Å². The summed E-state index contributed by atoms with van der Waals surface area (Å²) in [6.07, 6.45) is 2.24. The molecule has 0 saturated heterocycles. The summed E-state index contributed by atoms with van der Waals surface area (Å²) in [5.74, 6) is 2.45. The molecule has 0 unspecified atom stereocenters. The lowest BCUT2D eigenvalue weighted by atomic mass is 10.2. The molecule has 164 valence electrons. The Kier molecular flexibility index (Phi) is 6.97. The Morgan fingerprint density at radius 3 is 2.53 bits per heavy atom. The highest BCUT2D eigenvalue weighted by atomic mass is 16.5. The van der Waals surface area contributed by atoms with E-state index in [9.17, 15) is 4.79 Å². The van der Waals surface area contributed by atoms with E-state index < -0.39 is 0 Å². The van der Waals surface area contributed by atoms with Crippen LogP contribution in [0.25, 0.3) is 11.4 Å². The number of amides is 1. The minimum atomic E-state index is -0.00827. The van der Waals surface area contributed by atoms with Gasteiger partial charge in [0.05, 0.1) is 19.4 Å². The molecule has 32 heavy (non-hydrogen) atoms. The number of furan rings is 1. The first-order valence-electron chi connectivity index (χ1n) is 10.6. The molecule has 0 atom stereocenters. The van der Waals surface area contributed by atoms with Gasteiger partial charge >= 0.3 is 0 Å². The molecule has 7 nitrogen and oxygen atoms in total. The third-order valence-electron chi connectivity index (χ3n) is 4.94. The molecule has 0 aliphatic heterocycles. The molecule has 0 aliphatic rings. The quantitative estimate of drug-likeness (QED) is 0.356. The zero-order valence-corrected chi connectivity index (χ0v) is 17.9. The van der Waals surface area contributed by atoms with E-state index in [2.05, 4.69) is 10.1 Å². The van der Waals surface area contributed by atoms with Gasteiger partial charge in [0.15, 0.2) is 0 Å². The number of carbonyl (C=O) groups excluding carboxylic acids is 1. The van der Waals surface area contributed by atoms with E-state index in [-0.39, 0.29) is 12.3 Å². The minimum absolute atomic E-state index is 0.00827. The van der Waals surface area contributed by atoms with Gasteiger partial charge in [-0.1, -0.05) is 35.5 Å². The molecular formula is C25H25N3O4. The zero-order chi connectivity index (χ0) is 22.2. The molecule has 2 heterocycles. The largest absolute Gasteiger partial charge is 0.494 e. The number of benzene rings is 2. The van der Waals surface area contributed by atoms with Crippen LogP contribution >= 0.6 is 0 Å². The third-order valence-corrected chi connectivity index (χ3v) is 4.94. The predicted octanol–water partition coefficient (Wildman–Crippen LogP) is 4.89. The number of hydrogen-bond acceptors (Lipinski definition) is 6. The van der Waals surface area contributed by atoms with Crippen LogP contribution in [0.3, 0.4) is 0 Å². The normalized spacial score (nSPS) is 10.8. The van der Waals surface area contributed by atoms with Crippen LogP contribution < -0.4 is 4.74 Å². The van der Waals surface area contributed by atoms with E-state index in [1.807, 2.05) is 73.7 Å². The fraction of sp³-hybridized carbons (Fsp3) is 0.240. The smallest absolute Gasteiger partial charge is 0.227 e. The van der Waals surface area contributed by atoms with Gasteiger partial charge in [0, 0.05) is 24.9 Å². The van der Waals surface area contributed by atoms with Gasteiger partial charge in [0.25, 0.3) is 0 Å². The van der Waals surface area contributed by atoms with Crippen LogP contribution in [0.15, 0.2) is 81.9 Å². The molecule has 4 rings (SSSR count). The summed E-state index contributed by atoms with van der Waals surface area (Å²) in [4.78, 5) is 19.2. The predicted molar refractivity (Wildman–Crippen MR) is 119 cm³/mol. The number of carbonyl (C=O) groups is 1. The first-order chi connectivity index (χ1) is 15.7. The van der Waals surface area contributed by atoms with Crippen LogP contribution in [0.1, 0.15) is 30.6 Å². The molecule has 0 spiro atoms. The number of hydrogen-bond donors (Lipinski definition) is 0. The molecule has 4 aromatic rings. The molecule has 0 fully saturated rings. The van der Waals surface area contributed by atoms with E-state index in [1.54, 1.807) is 11.2 Å². The van der Waals surface area contributed by atoms with E-state index in [0.29, 0.717) is 37.8 Å². The Morgan fingerprint density at radius 1 is 1.00 bits per heavy atom. The molecule has 0 bridgehead atoms. The second-order valence-corrected chi connectivity index (χ2v) is 7.28. The lowest BCUT2D eigenvalue weighted by Crippen LogP contribution is -2.30. The van der Waals surface area contributed by atoms with Crippen LogP contribution in [0.5, 0.6) is 5.75 Å². The van der Waals surface area contributed by atoms with E-state index in [1.165, 1.54) is 0 Å². The molecule has 2 aromatic heterocycles. The summed E-state index contributed by atoms with van der Waals surface area (Å²) in [5, 5.41) is 4.05. The average Bonchev–Trinajstić information content (AvgIpc) is 3.51. The second kappa shape index (κ2) is 10.4. The fourth-order valence-electron chi connectivity index (χ4n) is 3.34. The van der Waals surface area contributed by atoms with Gasteiger partial charge < -0.3 is 18.6 Å². The van der Waals surface area contributed by atoms with Crippen molar-refractivity contribution in [2.75, 3.05) is 6.61 Å². The molecular weight excluding hydrogens is 406 g/mol. The summed E-state index contributed by atoms with van der Waals surface area (Å²) >= 11 is 0. The molecule has 7 heteroatoms. The molecule has 0 aliphatic carbocycles. The Labute approximate surface area is 186 Å². The van der Waals surface area contributed by atoms with E-state index in [4.69, 9.17) is 13.7 Å². The highest BCUT2D eigenvalue weighted by Gasteiger charge is 2.18. The zero-order valence-electron chi connectivity index (χ0n) is 17.9. The first-order valence-corrected chi connectivity index (χ1v) is 10.6. The summed E-state index contributed by atoms with van der Waals surface area (Å²) in [6.45, 7) is 3.46. The van der Waals surface area contributed by atoms with Gasteiger partial charge in [-0.25, -0.2) is 0 Å². The van der Waals surface area contributed by atoms with Crippen molar-refractivity contribution in [2.24, 2.45) is 0 Å². The Hall–Kier alpha value is -3.87. The summed E-state index contributed by atoms with van der Waals surface area (Å²) in [7, 11) is 0. The van der Waals surface area contributed by atoms with Crippen LogP contribution in [0, 0.1) is 0 Å². The second-order valence-electron chi connectivity index (χ2n) is 7.28. The summed E-state index contributed by atoms with van der Waals surface area (Å²) in [5.41, 5.74) is 1.89. The molecule has 0 saturated carbocycles. The van der Waals surface area contributed by atoms with Crippen molar-refractivity contribution in [3.63, 3.8) is 0 Å². The topological polar surface area (TPSA) is 81.6 Å². The number of aryl methyl sites for hydroxylation is 1. The number of rotatable bonds is 10. The molecule has 0 radical (unpaired) electrons. The summed E-state index contributed by atoms with van der Waals surface area (Å²) in [6, 6.07) is 21.1. The third kappa shape index (κ3) is 5.63. The lowest BCUT2D eigenvalue weighted by molar-refractivity contribution is -0.132. The van der Waals surface area contributed by atoms with Crippen LogP contribution in [-0.2, 0) is 24.3 Å². The van der Waals surface area contributed by atoms with Gasteiger partial charge in [0.1, 0.15) is 11.5 Å². The number of ether oxygens (including phenoxy) is 1. The van der Waals surface area contributed by atoms with Crippen molar-refractivity contribution >= 4 is 5.91 Å². The van der Waals surface area contributed by atoms with Gasteiger partial charge in [0.2, 0.25) is 17.6 Å². The molecule has 1 amide bonds. The average molecular weight is 431 g/mol. The standard InChI is InChI=1S/C25H25N3O4/c1-2-30-21-12-10-20(11-13-21)25-26-23(32-27-25)14-15-24(29)28(18-22-9-6-16-31-22)17-19-7-4-3-5-8-19/h3-13,16H,2,14-15,17-18H2,1H3. The van der Waals surface area contributed by atoms with Crippen LogP contribution in [-0.4, -0.2) is 27.6 Å². The van der Waals surface area contributed by atoms with Gasteiger partial charge in [-0.3, -0.25) is 4.79 Å². The van der Waals surface area contributed by atoms with E-state index >= 15 is 0 Å².